The number of hydrogen-bond acceptors (Lipinski definition) is 7. The van der Waals surface area contributed by atoms with E-state index in [9.17, 15) is 14.4 Å². The van der Waals surface area contributed by atoms with Gasteiger partial charge in [0.15, 0.2) is 17.9 Å². The van der Waals surface area contributed by atoms with E-state index in [-0.39, 0.29) is 48.9 Å². The van der Waals surface area contributed by atoms with Crippen molar-refractivity contribution in [3.8, 4) is 5.75 Å². The number of methoxy groups -OCH3 is 1. The van der Waals surface area contributed by atoms with Gasteiger partial charge in [-0.15, -0.1) is 0 Å². The number of benzene rings is 2. The average molecular weight is 553 g/mol. The molecule has 2 aromatic carbocycles. The van der Waals surface area contributed by atoms with Crippen molar-refractivity contribution in [3.63, 3.8) is 0 Å². The minimum Gasteiger partial charge on any atom is -0.497 e. The highest BCUT2D eigenvalue weighted by Crippen LogP contribution is 2.34. The van der Waals surface area contributed by atoms with Crippen molar-refractivity contribution in [2.75, 3.05) is 44.9 Å². The Morgan fingerprint density at radius 2 is 1.70 bits per heavy atom. The molecular weight excluding hydrogens is 519 g/mol. The summed E-state index contributed by atoms with van der Waals surface area (Å²) in [6.45, 7) is 2.68. The molecule has 0 radical (unpaired) electrons. The highest BCUT2D eigenvalue weighted by atomic mass is 19.1. The summed E-state index contributed by atoms with van der Waals surface area (Å²) in [5.41, 5.74) is 1.14. The Balaban J connectivity index is 1.27. The number of imidazole rings is 1. The third-order valence-corrected chi connectivity index (χ3v) is 8.30. The van der Waals surface area contributed by atoms with E-state index in [4.69, 9.17) is 14.2 Å². The number of anilines is 1. The van der Waals surface area contributed by atoms with Gasteiger partial charge < -0.3 is 24.0 Å². The first-order valence-electron chi connectivity index (χ1n) is 13.7. The summed E-state index contributed by atoms with van der Waals surface area (Å²) >= 11 is 0. The smallest absolute Gasteiger partial charge is 0.329 e. The first-order valence-corrected chi connectivity index (χ1v) is 13.7. The number of aryl methyl sites for hydroxylation is 1. The van der Waals surface area contributed by atoms with Crippen molar-refractivity contribution in [3.05, 3.63) is 58.3 Å². The number of ether oxygens (including phenoxy) is 3. The Morgan fingerprint density at radius 3 is 2.38 bits per heavy atom. The van der Waals surface area contributed by atoms with Crippen LogP contribution in [0.25, 0.3) is 11.0 Å². The third-order valence-electron chi connectivity index (χ3n) is 8.30. The molecule has 10 nitrogen and oxygen atoms in total. The number of aromatic nitrogens is 2. The number of halogens is 1. The summed E-state index contributed by atoms with van der Waals surface area (Å²) in [4.78, 5) is 43.2. The van der Waals surface area contributed by atoms with Crippen LogP contribution in [0.15, 0.2) is 41.2 Å². The molecule has 1 aromatic heterocycles. The van der Waals surface area contributed by atoms with Crippen LogP contribution in [0.2, 0.25) is 0 Å². The highest BCUT2D eigenvalue weighted by molar-refractivity contribution is 5.96. The fourth-order valence-electron chi connectivity index (χ4n) is 6.18. The number of rotatable bonds is 6. The fraction of sp³-hybridized carbons (Fsp3) is 0.483. The maximum absolute atomic E-state index is 16.0. The van der Waals surface area contributed by atoms with Crippen LogP contribution in [0, 0.1) is 11.7 Å². The Hall–Kier alpha value is -3.70. The lowest BCUT2D eigenvalue weighted by Crippen LogP contribution is -2.47. The second-order valence-electron chi connectivity index (χ2n) is 10.7. The first kappa shape index (κ1) is 26.5. The molecule has 11 heteroatoms. The Morgan fingerprint density at radius 1 is 1.00 bits per heavy atom. The van der Waals surface area contributed by atoms with Crippen LogP contribution in [-0.4, -0.2) is 72.0 Å². The minimum atomic E-state index is -1.04. The second-order valence-corrected chi connectivity index (χ2v) is 10.7. The second kappa shape index (κ2) is 10.7. The molecule has 6 rings (SSSR count). The molecule has 1 atom stereocenters. The van der Waals surface area contributed by atoms with Gasteiger partial charge in [0.25, 0.3) is 0 Å². The zero-order chi connectivity index (χ0) is 28.0. The number of ketones is 1. The average Bonchev–Trinajstić information content (AvgIpc) is 3.59. The normalized spacial score (nSPS) is 21.1. The number of carbonyl (C=O) groups excluding carboxylic acids is 2. The summed E-state index contributed by atoms with van der Waals surface area (Å²) in [7, 11) is 3.07. The van der Waals surface area contributed by atoms with Gasteiger partial charge in [-0.25, -0.2) is 9.18 Å². The van der Waals surface area contributed by atoms with E-state index >= 15 is 4.39 Å². The van der Waals surface area contributed by atoms with Crippen molar-refractivity contribution in [1.82, 2.24) is 14.0 Å². The topological polar surface area (TPSA) is 95.2 Å². The summed E-state index contributed by atoms with van der Waals surface area (Å²) in [6.07, 6.45) is 1.32. The van der Waals surface area contributed by atoms with Gasteiger partial charge in [0.05, 0.1) is 38.1 Å². The lowest BCUT2D eigenvalue weighted by Gasteiger charge is -2.35. The Labute approximate surface area is 230 Å². The molecule has 1 unspecified atom stereocenters. The number of Topliss-reactive ketones (excluding diaryl/α,β-unsaturated/α-hetero) is 1. The molecule has 0 bridgehead atoms. The van der Waals surface area contributed by atoms with Crippen LogP contribution in [0.3, 0.4) is 0 Å². The number of nitrogens with zero attached hydrogens (tertiary/aromatic N) is 4. The maximum atomic E-state index is 16.0. The van der Waals surface area contributed by atoms with Gasteiger partial charge in [0.1, 0.15) is 17.3 Å². The minimum absolute atomic E-state index is 0.0354. The monoisotopic (exact) mass is 552 g/mol. The molecule has 0 aliphatic carbocycles. The van der Waals surface area contributed by atoms with Gasteiger partial charge in [-0.05, 0) is 42.7 Å². The molecule has 3 fully saturated rings. The quantitative estimate of drug-likeness (QED) is 0.464. The van der Waals surface area contributed by atoms with E-state index in [0.29, 0.717) is 43.3 Å². The molecule has 40 heavy (non-hydrogen) atoms. The van der Waals surface area contributed by atoms with Gasteiger partial charge in [-0.1, -0.05) is 12.1 Å². The number of carbonyl (C=O) groups is 2. The number of hydrogen-bond donors (Lipinski definition) is 0. The van der Waals surface area contributed by atoms with E-state index in [1.165, 1.54) is 21.1 Å². The van der Waals surface area contributed by atoms with Crippen molar-refractivity contribution >= 4 is 28.4 Å². The van der Waals surface area contributed by atoms with E-state index in [2.05, 4.69) is 0 Å². The van der Waals surface area contributed by atoms with Crippen LogP contribution in [0.4, 0.5) is 10.1 Å². The molecule has 0 N–H and O–H groups in total. The Kier molecular flexibility index (Phi) is 7.09. The van der Waals surface area contributed by atoms with Crippen LogP contribution in [0.1, 0.15) is 30.9 Å². The lowest BCUT2D eigenvalue weighted by atomic mass is 9.95. The number of fused-ring (bicyclic) bond motifs is 1. The van der Waals surface area contributed by atoms with Crippen molar-refractivity contribution in [2.45, 2.75) is 38.1 Å². The predicted molar refractivity (Wildman–Crippen MR) is 145 cm³/mol. The molecular formula is C29H33FN4O6. The summed E-state index contributed by atoms with van der Waals surface area (Å²) in [6, 6.07) is 9.55. The predicted octanol–water partition coefficient (Wildman–Crippen LogP) is 2.62. The van der Waals surface area contributed by atoms with E-state index in [1.54, 1.807) is 31.4 Å². The summed E-state index contributed by atoms with van der Waals surface area (Å²) in [5.74, 6) is -0.0447. The highest BCUT2D eigenvalue weighted by Gasteiger charge is 2.38. The summed E-state index contributed by atoms with van der Waals surface area (Å²) in [5, 5.41) is 0. The zero-order valence-electron chi connectivity index (χ0n) is 22.7. The molecule has 0 spiro atoms. The third kappa shape index (κ3) is 4.66. The molecule has 3 aromatic rings. The van der Waals surface area contributed by atoms with E-state index in [1.807, 2.05) is 17.0 Å². The SMILES string of the molecule is COc1ccc(CN2CC(=O)CC(n3c(=O)n(C)c4c(F)c(N5CCC(C6OCCO6)CC5)ccc43)C2=O)cc1. The number of amides is 1. The van der Waals surface area contributed by atoms with Crippen LogP contribution in [-0.2, 0) is 32.7 Å². The van der Waals surface area contributed by atoms with Crippen LogP contribution < -0.4 is 15.3 Å². The lowest BCUT2D eigenvalue weighted by molar-refractivity contribution is -0.144. The number of likely N-dealkylation sites (tertiary alicyclic amines) is 1. The number of piperidine rings is 2. The summed E-state index contributed by atoms with van der Waals surface area (Å²) < 4.78 is 35.1. The van der Waals surface area contributed by atoms with Crippen molar-refractivity contribution in [2.24, 2.45) is 13.0 Å². The molecule has 1 amide bonds. The maximum Gasteiger partial charge on any atom is 0.329 e. The molecule has 212 valence electrons. The molecule has 3 aliphatic heterocycles. The largest absolute Gasteiger partial charge is 0.497 e. The van der Waals surface area contributed by atoms with Crippen molar-refractivity contribution in [1.29, 1.82) is 0 Å². The van der Waals surface area contributed by atoms with Gasteiger partial charge in [0.2, 0.25) is 5.91 Å². The van der Waals surface area contributed by atoms with Crippen LogP contribution >= 0.6 is 0 Å². The molecule has 0 saturated carbocycles. The van der Waals surface area contributed by atoms with Crippen LogP contribution in [0.5, 0.6) is 5.75 Å². The van der Waals surface area contributed by atoms with Gasteiger partial charge in [0, 0.05) is 39.0 Å². The molecule has 4 heterocycles. The van der Waals surface area contributed by atoms with E-state index in [0.717, 1.165) is 18.4 Å². The van der Waals surface area contributed by atoms with Gasteiger partial charge in [-0.3, -0.25) is 18.7 Å². The molecule has 3 saturated heterocycles. The zero-order valence-corrected chi connectivity index (χ0v) is 22.7. The Bertz CT molecular complexity index is 1480. The van der Waals surface area contributed by atoms with Gasteiger partial charge >= 0.3 is 5.69 Å². The molecule has 3 aliphatic rings. The standard InChI is InChI=1S/C29H33FN4O6/c1-31-26-23(8-7-22(25(26)30)32-11-9-19(10-12-32)28-39-13-14-40-28)34(29(31)37)24-15-20(35)17-33(27(24)36)16-18-3-5-21(38-2)6-4-18/h3-8,19,24,28H,9-17H2,1-2H3. The van der Waals surface area contributed by atoms with Gasteiger partial charge in [-0.2, -0.15) is 0 Å². The van der Waals surface area contributed by atoms with Crippen molar-refractivity contribution < 1.29 is 28.2 Å². The first-order chi connectivity index (χ1) is 19.4. The fourth-order valence-corrected chi connectivity index (χ4v) is 6.18. The van der Waals surface area contributed by atoms with E-state index < -0.39 is 17.5 Å².